The molecular weight excluding hydrogens is 399 g/mol. The Morgan fingerprint density at radius 2 is 1.52 bits per heavy atom. The number of hydrogen-bond donors (Lipinski definition) is 0. The maximum absolute atomic E-state index is 5.14. The average molecular weight is 436 g/mol. The predicted molar refractivity (Wildman–Crippen MR) is 117 cm³/mol. The van der Waals surface area contributed by atoms with Gasteiger partial charge in [-0.05, 0) is 0 Å². The molecule has 0 bridgehead atoms. The number of allylic oxidation sites excluding steroid dienone is 4. The van der Waals surface area contributed by atoms with Gasteiger partial charge in [0.05, 0.1) is 0 Å². The summed E-state index contributed by atoms with van der Waals surface area (Å²) in [6, 6.07) is 0. The standard InChI is InChI=1S/C22H36N4Se/c1-11-12-15-16(21(4,5)6)19-20(25-27-24-19)17(22(7,8)9)18(15)23-26(10)13-14(2)3/h12,14H,11,13H2,1-10H3/b15-12+,23-18+. The van der Waals surface area contributed by atoms with E-state index in [-0.39, 0.29) is 25.4 Å². The summed E-state index contributed by atoms with van der Waals surface area (Å²) in [4.78, 5) is 0. The molecule has 5 heteroatoms. The summed E-state index contributed by atoms with van der Waals surface area (Å²) in [5.41, 5.74) is 7.01. The molecule has 0 spiro atoms. The Hall–Kier alpha value is -1.19. The van der Waals surface area contributed by atoms with E-state index in [9.17, 15) is 0 Å². The third-order valence-corrected chi connectivity index (χ3v) is 5.64. The molecule has 27 heavy (non-hydrogen) atoms. The van der Waals surface area contributed by atoms with Gasteiger partial charge < -0.3 is 0 Å². The van der Waals surface area contributed by atoms with Crippen LogP contribution in [0.2, 0.25) is 0 Å². The van der Waals surface area contributed by atoms with E-state index in [1.807, 2.05) is 0 Å². The fourth-order valence-corrected chi connectivity index (χ4v) is 4.90. The van der Waals surface area contributed by atoms with Gasteiger partial charge in [-0.25, -0.2) is 0 Å². The summed E-state index contributed by atoms with van der Waals surface area (Å²) in [6.07, 6.45) is 3.31. The minimum atomic E-state index is -0.0612. The van der Waals surface area contributed by atoms with Gasteiger partial charge in [-0.15, -0.1) is 0 Å². The molecule has 0 amide bonds. The van der Waals surface area contributed by atoms with Crippen LogP contribution in [0.15, 0.2) is 47.2 Å². The zero-order valence-electron chi connectivity index (χ0n) is 18.8. The zero-order valence-corrected chi connectivity index (χ0v) is 20.5. The molecule has 0 aromatic carbocycles. The average Bonchev–Trinajstić information content (AvgIpc) is 2.92. The van der Waals surface area contributed by atoms with Crippen LogP contribution in [0.5, 0.6) is 0 Å². The quantitative estimate of drug-likeness (QED) is 0.396. The molecule has 150 valence electrons. The van der Waals surface area contributed by atoms with Crippen molar-refractivity contribution in [3.8, 4) is 0 Å². The second-order valence-corrected chi connectivity index (χ2v) is 11.0. The van der Waals surface area contributed by atoms with Gasteiger partial charge >= 0.3 is 172 Å². The first-order valence-corrected chi connectivity index (χ1v) is 11.5. The van der Waals surface area contributed by atoms with Gasteiger partial charge in [0.15, 0.2) is 0 Å². The Morgan fingerprint density at radius 3 is 1.96 bits per heavy atom. The topological polar surface area (TPSA) is 40.3 Å². The maximum atomic E-state index is 5.14. The molecular formula is C22H36N4Se. The van der Waals surface area contributed by atoms with E-state index in [2.05, 4.69) is 80.4 Å². The number of hydrogen-bond acceptors (Lipinski definition) is 4. The molecule has 2 rings (SSSR count). The second-order valence-electron chi connectivity index (χ2n) is 9.92. The minimum absolute atomic E-state index is 0.0121. The van der Waals surface area contributed by atoms with Gasteiger partial charge in [0, 0.05) is 0 Å². The van der Waals surface area contributed by atoms with Crippen molar-refractivity contribution in [1.82, 2.24) is 5.01 Å². The Kier molecular flexibility index (Phi) is 6.59. The van der Waals surface area contributed by atoms with Crippen molar-refractivity contribution in [3.63, 3.8) is 0 Å². The molecule has 0 saturated heterocycles. The first-order valence-electron chi connectivity index (χ1n) is 9.97. The van der Waals surface area contributed by atoms with Crippen molar-refractivity contribution in [1.29, 1.82) is 0 Å². The van der Waals surface area contributed by atoms with Crippen molar-refractivity contribution in [2.24, 2.45) is 29.8 Å². The third kappa shape index (κ3) is 4.81. The normalized spacial score (nSPS) is 20.9. The summed E-state index contributed by atoms with van der Waals surface area (Å²) in [7, 11) is 2.08. The molecule has 0 radical (unpaired) electrons. The molecule has 0 aromatic rings. The van der Waals surface area contributed by atoms with Crippen LogP contribution in [0.1, 0.15) is 68.7 Å². The van der Waals surface area contributed by atoms with Crippen LogP contribution in [0, 0.1) is 16.7 Å². The van der Waals surface area contributed by atoms with Gasteiger partial charge in [0.2, 0.25) is 0 Å². The Labute approximate surface area is 171 Å². The van der Waals surface area contributed by atoms with E-state index in [0.29, 0.717) is 5.92 Å². The number of fused-ring (bicyclic) bond motifs is 1. The number of hydrazone groups is 1. The molecule has 0 aromatic heterocycles. The molecule has 0 saturated carbocycles. The van der Waals surface area contributed by atoms with Crippen molar-refractivity contribution < 1.29 is 0 Å². The summed E-state index contributed by atoms with van der Waals surface area (Å²) < 4.78 is 9.75. The molecule has 4 nitrogen and oxygen atoms in total. The first kappa shape index (κ1) is 22.1. The van der Waals surface area contributed by atoms with Crippen molar-refractivity contribution in [2.75, 3.05) is 13.6 Å². The van der Waals surface area contributed by atoms with Gasteiger partial charge in [-0.1, -0.05) is 0 Å². The molecule has 2 aliphatic rings. The fourth-order valence-electron chi connectivity index (χ4n) is 3.73. The molecule has 0 unspecified atom stereocenters. The van der Waals surface area contributed by atoms with Crippen LogP contribution in [0.4, 0.5) is 0 Å². The second kappa shape index (κ2) is 8.05. The molecule has 1 aliphatic carbocycles. The molecule has 1 aliphatic heterocycles. The van der Waals surface area contributed by atoms with Crippen LogP contribution < -0.4 is 0 Å². The van der Waals surface area contributed by atoms with Crippen LogP contribution in [0.3, 0.4) is 0 Å². The van der Waals surface area contributed by atoms with Crippen LogP contribution >= 0.6 is 0 Å². The molecule has 0 N–H and O–H groups in total. The van der Waals surface area contributed by atoms with E-state index >= 15 is 0 Å². The molecule has 0 atom stereocenters. The predicted octanol–water partition coefficient (Wildman–Crippen LogP) is 5.97. The van der Waals surface area contributed by atoms with E-state index in [4.69, 9.17) is 13.0 Å². The summed E-state index contributed by atoms with van der Waals surface area (Å²) in [5, 5.41) is 7.24. The number of nitrogens with zero attached hydrogens (tertiary/aromatic N) is 4. The Morgan fingerprint density at radius 1 is 1.00 bits per heavy atom. The molecule has 0 fully saturated rings. The van der Waals surface area contributed by atoms with Crippen LogP contribution in [0.25, 0.3) is 0 Å². The Bertz CT molecular complexity index is 789. The third-order valence-electron chi connectivity index (χ3n) is 4.53. The van der Waals surface area contributed by atoms with E-state index < -0.39 is 0 Å². The van der Waals surface area contributed by atoms with E-state index in [0.717, 1.165) is 30.1 Å². The first-order chi connectivity index (χ1) is 12.4. The summed E-state index contributed by atoms with van der Waals surface area (Å²) >= 11 is -0.0612. The molecule has 1 heterocycles. The van der Waals surface area contributed by atoms with Crippen molar-refractivity contribution in [2.45, 2.75) is 68.7 Å². The van der Waals surface area contributed by atoms with Gasteiger partial charge in [-0.3, -0.25) is 0 Å². The SMILES string of the molecule is CC/C=C1\C(C(C)(C)C)=C2N=[Se]=NC2=C(C(C)(C)C)\C1=N\N(C)CC(C)C. The van der Waals surface area contributed by atoms with Crippen LogP contribution in [-0.4, -0.2) is 38.9 Å². The fraction of sp³-hybridized carbons (Fsp3) is 0.682. The van der Waals surface area contributed by atoms with Crippen LogP contribution in [-0.2, 0) is 0 Å². The van der Waals surface area contributed by atoms with E-state index in [1.165, 1.54) is 16.7 Å². The summed E-state index contributed by atoms with van der Waals surface area (Å²) in [5.74, 6) is 0.565. The van der Waals surface area contributed by atoms with E-state index in [1.54, 1.807) is 0 Å². The summed E-state index contributed by atoms with van der Waals surface area (Å²) in [6.45, 7) is 21.2. The van der Waals surface area contributed by atoms with Gasteiger partial charge in [0.25, 0.3) is 0 Å². The van der Waals surface area contributed by atoms with Crippen molar-refractivity contribution in [3.05, 3.63) is 34.2 Å². The Balaban J connectivity index is 2.84. The number of rotatable bonds is 4. The zero-order chi connectivity index (χ0) is 20.6. The van der Waals surface area contributed by atoms with Gasteiger partial charge in [-0.2, -0.15) is 0 Å². The monoisotopic (exact) mass is 436 g/mol. The van der Waals surface area contributed by atoms with Gasteiger partial charge in [0.1, 0.15) is 0 Å². The van der Waals surface area contributed by atoms with Crippen molar-refractivity contribution >= 4 is 20.3 Å².